The van der Waals surface area contributed by atoms with Gasteiger partial charge < -0.3 is 4.74 Å². The summed E-state index contributed by atoms with van der Waals surface area (Å²) < 4.78 is 5.62. The Hall–Kier alpha value is -0.900. The number of hydrogen-bond donors (Lipinski definition) is 0. The summed E-state index contributed by atoms with van der Waals surface area (Å²) in [6.07, 6.45) is 4.66. The van der Waals surface area contributed by atoms with E-state index in [1.807, 2.05) is 6.92 Å². The van der Waals surface area contributed by atoms with E-state index in [1.165, 1.54) is 24.8 Å². The average molecular weight is 247 g/mol. The third kappa shape index (κ3) is 2.30. The number of hydroxylamine groups is 2. The molecule has 2 saturated heterocycles. The molecule has 3 atom stereocenters. The van der Waals surface area contributed by atoms with Gasteiger partial charge in [0.05, 0.1) is 6.04 Å². The van der Waals surface area contributed by atoms with E-state index < -0.39 is 0 Å². The normalized spacial score (nSPS) is 32.4. The maximum atomic E-state index is 5.98. The highest BCUT2D eigenvalue weighted by atomic mass is 16.8. The van der Waals surface area contributed by atoms with Crippen LogP contribution in [-0.2, 0) is 9.57 Å². The lowest BCUT2D eigenvalue weighted by Crippen LogP contribution is -2.36. The van der Waals surface area contributed by atoms with Crippen LogP contribution in [0.25, 0.3) is 0 Å². The van der Waals surface area contributed by atoms with Gasteiger partial charge in [0.1, 0.15) is 0 Å². The molecule has 0 saturated carbocycles. The molecule has 3 rings (SSSR count). The molecule has 0 bridgehead atoms. The maximum absolute atomic E-state index is 5.98. The van der Waals surface area contributed by atoms with Crippen LogP contribution in [0.2, 0.25) is 0 Å². The zero-order chi connectivity index (χ0) is 12.4. The molecule has 0 spiro atoms. The van der Waals surface area contributed by atoms with E-state index in [0.29, 0.717) is 12.1 Å². The van der Waals surface area contributed by atoms with E-state index in [0.717, 1.165) is 13.0 Å². The van der Waals surface area contributed by atoms with Gasteiger partial charge in [0, 0.05) is 19.1 Å². The molecule has 1 aromatic rings. The molecule has 98 valence electrons. The van der Waals surface area contributed by atoms with Crippen LogP contribution in [0.15, 0.2) is 30.3 Å². The molecule has 18 heavy (non-hydrogen) atoms. The van der Waals surface area contributed by atoms with E-state index in [4.69, 9.17) is 9.57 Å². The zero-order valence-electron chi connectivity index (χ0n) is 10.9. The largest absolute Gasteiger partial charge is 0.351 e. The number of ether oxygens (including phenoxy) is 1. The van der Waals surface area contributed by atoms with Gasteiger partial charge in [-0.15, -0.1) is 0 Å². The Labute approximate surface area is 109 Å². The van der Waals surface area contributed by atoms with Crippen molar-refractivity contribution in [1.82, 2.24) is 5.06 Å². The van der Waals surface area contributed by atoms with Crippen molar-refractivity contribution in [2.45, 2.75) is 51.0 Å². The molecule has 0 N–H and O–H groups in total. The minimum atomic E-state index is -0.0377. The van der Waals surface area contributed by atoms with Crippen molar-refractivity contribution < 1.29 is 9.57 Å². The Kier molecular flexibility index (Phi) is 3.64. The first kappa shape index (κ1) is 12.2. The zero-order valence-corrected chi connectivity index (χ0v) is 10.9. The molecular weight excluding hydrogens is 226 g/mol. The van der Waals surface area contributed by atoms with Crippen molar-refractivity contribution in [3.8, 4) is 0 Å². The quantitative estimate of drug-likeness (QED) is 0.818. The Morgan fingerprint density at radius 2 is 2.11 bits per heavy atom. The summed E-state index contributed by atoms with van der Waals surface area (Å²) in [5.41, 5.74) is 1.36. The molecule has 2 fully saturated rings. The van der Waals surface area contributed by atoms with E-state index in [2.05, 4.69) is 35.4 Å². The topological polar surface area (TPSA) is 21.7 Å². The summed E-state index contributed by atoms with van der Waals surface area (Å²) in [6.45, 7) is 2.75. The van der Waals surface area contributed by atoms with E-state index in [1.54, 1.807) is 0 Å². The van der Waals surface area contributed by atoms with Gasteiger partial charge in [-0.05, 0) is 31.7 Å². The first-order valence-electron chi connectivity index (χ1n) is 7.00. The minimum absolute atomic E-state index is 0.0377. The molecule has 2 aliphatic rings. The van der Waals surface area contributed by atoms with Crippen molar-refractivity contribution in [2.75, 3.05) is 6.61 Å². The first-order chi connectivity index (χ1) is 8.88. The van der Waals surface area contributed by atoms with Crippen LogP contribution in [0.5, 0.6) is 0 Å². The second-order valence-corrected chi connectivity index (χ2v) is 5.10. The Morgan fingerprint density at radius 1 is 1.28 bits per heavy atom. The summed E-state index contributed by atoms with van der Waals surface area (Å²) in [7, 11) is 0. The van der Waals surface area contributed by atoms with Gasteiger partial charge in [0.15, 0.2) is 6.29 Å². The van der Waals surface area contributed by atoms with Crippen LogP contribution in [-0.4, -0.2) is 24.0 Å². The molecule has 0 radical (unpaired) electrons. The van der Waals surface area contributed by atoms with Gasteiger partial charge in [0.2, 0.25) is 0 Å². The van der Waals surface area contributed by atoms with Crippen LogP contribution < -0.4 is 0 Å². The van der Waals surface area contributed by atoms with Crippen molar-refractivity contribution in [2.24, 2.45) is 0 Å². The smallest absolute Gasteiger partial charge is 0.179 e. The molecule has 3 heteroatoms. The predicted molar refractivity (Wildman–Crippen MR) is 69.8 cm³/mol. The summed E-state index contributed by atoms with van der Waals surface area (Å²) in [4.78, 5) is 5.98. The fourth-order valence-corrected chi connectivity index (χ4v) is 3.11. The molecule has 0 aliphatic carbocycles. The van der Waals surface area contributed by atoms with Crippen LogP contribution in [0.1, 0.15) is 44.2 Å². The van der Waals surface area contributed by atoms with Crippen molar-refractivity contribution in [3.63, 3.8) is 0 Å². The van der Waals surface area contributed by atoms with Crippen LogP contribution in [0.4, 0.5) is 0 Å². The van der Waals surface area contributed by atoms with Gasteiger partial charge in [-0.25, -0.2) is 0 Å². The van der Waals surface area contributed by atoms with Crippen LogP contribution in [0, 0.1) is 0 Å². The van der Waals surface area contributed by atoms with Gasteiger partial charge >= 0.3 is 0 Å². The second-order valence-electron chi connectivity index (χ2n) is 5.10. The number of piperidine rings is 1. The molecular formula is C15H21NO2. The minimum Gasteiger partial charge on any atom is -0.351 e. The highest BCUT2D eigenvalue weighted by Crippen LogP contribution is 2.40. The lowest BCUT2D eigenvalue weighted by Gasteiger charge is -2.35. The molecule has 1 aromatic carbocycles. The SMILES string of the molecule is CCO[C@@H]1C[C@H]2CCC[C@H](c3ccccc3)N2O1. The number of fused-ring (bicyclic) bond motifs is 1. The monoisotopic (exact) mass is 247 g/mol. The highest BCUT2D eigenvalue weighted by Gasteiger charge is 2.41. The van der Waals surface area contributed by atoms with Crippen LogP contribution >= 0.6 is 0 Å². The third-order valence-electron chi connectivity index (χ3n) is 3.92. The van der Waals surface area contributed by atoms with Gasteiger partial charge in [-0.1, -0.05) is 30.3 Å². The Balaban J connectivity index is 1.76. The fraction of sp³-hybridized carbons (Fsp3) is 0.600. The van der Waals surface area contributed by atoms with E-state index in [9.17, 15) is 0 Å². The van der Waals surface area contributed by atoms with E-state index in [-0.39, 0.29) is 6.29 Å². The molecule has 3 nitrogen and oxygen atoms in total. The summed E-state index contributed by atoms with van der Waals surface area (Å²) in [5, 5.41) is 2.19. The summed E-state index contributed by atoms with van der Waals surface area (Å²) in [5.74, 6) is 0. The summed E-state index contributed by atoms with van der Waals surface area (Å²) in [6, 6.07) is 11.6. The third-order valence-corrected chi connectivity index (χ3v) is 3.92. The standard InChI is InChI=1S/C15H21NO2/c1-2-17-15-11-13-9-6-10-14(16(13)18-15)12-7-4-3-5-8-12/h3-5,7-8,13-15H,2,6,9-11H2,1H3/t13-,14-,15+/m1/s1. The first-order valence-corrected chi connectivity index (χ1v) is 7.00. The second kappa shape index (κ2) is 5.39. The molecule has 0 amide bonds. The van der Waals surface area contributed by atoms with Gasteiger partial charge in [-0.3, -0.25) is 4.84 Å². The lowest BCUT2D eigenvalue weighted by molar-refractivity contribution is -0.262. The fourth-order valence-electron chi connectivity index (χ4n) is 3.11. The maximum Gasteiger partial charge on any atom is 0.179 e. The number of nitrogens with zero attached hydrogens (tertiary/aromatic N) is 1. The number of rotatable bonds is 3. The number of hydrogen-bond acceptors (Lipinski definition) is 3. The lowest BCUT2D eigenvalue weighted by atomic mass is 9.92. The molecule has 0 aromatic heterocycles. The van der Waals surface area contributed by atoms with Crippen molar-refractivity contribution in [1.29, 1.82) is 0 Å². The Bertz CT molecular complexity index is 381. The van der Waals surface area contributed by atoms with Gasteiger partial charge in [-0.2, -0.15) is 5.06 Å². The van der Waals surface area contributed by atoms with Crippen molar-refractivity contribution >= 4 is 0 Å². The Morgan fingerprint density at radius 3 is 2.89 bits per heavy atom. The molecule has 2 heterocycles. The summed E-state index contributed by atoms with van der Waals surface area (Å²) >= 11 is 0. The number of benzene rings is 1. The average Bonchev–Trinajstić information content (AvgIpc) is 2.82. The van der Waals surface area contributed by atoms with E-state index >= 15 is 0 Å². The molecule has 0 unspecified atom stereocenters. The predicted octanol–water partition coefficient (Wildman–Crippen LogP) is 3.28. The van der Waals surface area contributed by atoms with Gasteiger partial charge in [0.25, 0.3) is 0 Å². The van der Waals surface area contributed by atoms with Crippen molar-refractivity contribution in [3.05, 3.63) is 35.9 Å². The molecule has 2 aliphatic heterocycles. The highest BCUT2D eigenvalue weighted by molar-refractivity contribution is 5.19. The van der Waals surface area contributed by atoms with Crippen LogP contribution in [0.3, 0.4) is 0 Å².